The minimum Gasteiger partial charge on any atom is -0.374 e. The number of rotatable bonds is 7. The van der Waals surface area contributed by atoms with E-state index in [1.54, 1.807) is 0 Å². The maximum absolute atomic E-state index is 6.05. The summed E-state index contributed by atoms with van der Waals surface area (Å²) in [5.74, 6) is 0. The van der Waals surface area contributed by atoms with Crippen molar-refractivity contribution in [1.29, 1.82) is 0 Å². The van der Waals surface area contributed by atoms with Crippen molar-refractivity contribution in [2.24, 2.45) is 7.05 Å². The number of likely N-dealkylation sites (N-methyl/N-ethyl adjacent to an activating group) is 1. The average molecular weight is 294 g/mol. The third kappa shape index (κ3) is 4.53. The van der Waals surface area contributed by atoms with Gasteiger partial charge < -0.3 is 10.1 Å². The summed E-state index contributed by atoms with van der Waals surface area (Å²) in [4.78, 5) is 2.52. The second kappa shape index (κ2) is 7.92. The fourth-order valence-corrected chi connectivity index (χ4v) is 3.04. The maximum Gasteiger partial charge on any atom is 0.0855 e. The van der Waals surface area contributed by atoms with E-state index in [1.807, 2.05) is 17.9 Å². The van der Waals surface area contributed by atoms with Gasteiger partial charge >= 0.3 is 0 Å². The van der Waals surface area contributed by atoms with Crippen molar-refractivity contribution >= 4 is 0 Å². The molecule has 0 saturated carbocycles. The molecule has 0 aliphatic carbocycles. The zero-order valence-electron chi connectivity index (χ0n) is 13.9. The topological polar surface area (TPSA) is 42.3 Å². The number of aromatic nitrogens is 2. The molecule has 120 valence electrons. The van der Waals surface area contributed by atoms with Crippen LogP contribution in [-0.4, -0.2) is 59.1 Å². The van der Waals surface area contributed by atoms with Crippen LogP contribution in [0.4, 0.5) is 0 Å². The van der Waals surface area contributed by atoms with Gasteiger partial charge in [-0.1, -0.05) is 6.92 Å². The van der Waals surface area contributed by atoms with E-state index in [4.69, 9.17) is 4.74 Å². The van der Waals surface area contributed by atoms with Gasteiger partial charge in [-0.2, -0.15) is 5.10 Å². The summed E-state index contributed by atoms with van der Waals surface area (Å²) in [6, 6.07) is 3.10. The Morgan fingerprint density at radius 2 is 2.29 bits per heavy atom. The molecule has 5 heteroatoms. The quantitative estimate of drug-likeness (QED) is 0.826. The Labute approximate surface area is 128 Å². The number of ether oxygens (including phenoxy) is 1. The molecule has 0 radical (unpaired) electrons. The highest BCUT2D eigenvalue weighted by molar-refractivity contribution is 5.01. The van der Waals surface area contributed by atoms with Crippen molar-refractivity contribution in [3.05, 3.63) is 18.0 Å². The lowest BCUT2D eigenvalue weighted by Gasteiger charge is -2.39. The number of hydrogen-bond donors (Lipinski definition) is 1. The van der Waals surface area contributed by atoms with Crippen molar-refractivity contribution < 1.29 is 4.74 Å². The number of hydrogen-bond acceptors (Lipinski definition) is 4. The molecule has 0 bridgehead atoms. The molecule has 1 aromatic rings. The van der Waals surface area contributed by atoms with Crippen LogP contribution < -0.4 is 5.32 Å². The van der Waals surface area contributed by atoms with E-state index in [9.17, 15) is 0 Å². The zero-order valence-corrected chi connectivity index (χ0v) is 13.9. The monoisotopic (exact) mass is 294 g/mol. The van der Waals surface area contributed by atoms with Crippen molar-refractivity contribution in [2.45, 2.75) is 51.8 Å². The molecule has 0 aromatic carbocycles. The maximum atomic E-state index is 6.05. The molecule has 0 amide bonds. The number of aryl methyl sites for hydroxylation is 2. The van der Waals surface area contributed by atoms with Gasteiger partial charge in [0.05, 0.1) is 12.7 Å². The smallest absolute Gasteiger partial charge is 0.0855 e. The lowest BCUT2D eigenvalue weighted by molar-refractivity contribution is -0.0562. The third-order valence-electron chi connectivity index (χ3n) is 4.40. The first kappa shape index (κ1) is 16.5. The summed E-state index contributed by atoms with van der Waals surface area (Å²) in [5, 5.41) is 7.86. The Bertz CT molecular complexity index is 418. The molecule has 2 unspecified atom stereocenters. The van der Waals surface area contributed by atoms with Crippen LogP contribution in [0.15, 0.2) is 12.3 Å². The Morgan fingerprint density at radius 1 is 1.48 bits per heavy atom. The SMILES string of the molecule is CCNC(CCc1ccnn1C)C1CN(C(C)C)CCO1. The molecule has 1 aromatic heterocycles. The van der Waals surface area contributed by atoms with Crippen LogP contribution in [0.5, 0.6) is 0 Å². The highest BCUT2D eigenvalue weighted by Gasteiger charge is 2.28. The molecule has 2 atom stereocenters. The van der Waals surface area contributed by atoms with Gasteiger partial charge in [-0.3, -0.25) is 9.58 Å². The van der Waals surface area contributed by atoms with Crippen LogP contribution in [0.25, 0.3) is 0 Å². The number of morpholine rings is 1. The van der Waals surface area contributed by atoms with Gasteiger partial charge in [0.25, 0.3) is 0 Å². The highest BCUT2D eigenvalue weighted by atomic mass is 16.5. The van der Waals surface area contributed by atoms with E-state index in [0.717, 1.165) is 39.1 Å². The molecular weight excluding hydrogens is 264 g/mol. The first-order chi connectivity index (χ1) is 10.1. The highest BCUT2D eigenvalue weighted by Crippen LogP contribution is 2.15. The van der Waals surface area contributed by atoms with Gasteiger partial charge in [-0.25, -0.2) is 0 Å². The molecule has 1 saturated heterocycles. The molecule has 2 heterocycles. The number of nitrogens with one attached hydrogen (secondary N) is 1. The summed E-state index contributed by atoms with van der Waals surface area (Å²) >= 11 is 0. The van der Waals surface area contributed by atoms with Crippen LogP contribution >= 0.6 is 0 Å². The first-order valence-electron chi connectivity index (χ1n) is 8.17. The van der Waals surface area contributed by atoms with E-state index in [-0.39, 0.29) is 6.10 Å². The predicted molar refractivity (Wildman–Crippen MR) is 85.4 cm³/mol. The fraction of sp³-hybridized carbons (Fsp3) is 0.812. The van der Waals surface area contributed by atoms with Crippen molar-refractivity contribution in [3.63, 3.8) is 0 Å². The summed E-state index contributed by atoms with van der Waals surface area (Å²) in [6.07, 6.45) is 4.28. The summed E-state index contributed by atoms with van der Waals surface area (Å²) in [6.45, 7) is 10.6. The third-order valence-corrected chi connectivity index (χ3v) is 4.40. The van der Waals surface area contributed by atoms with Gasteiger partial charge in [0.2, 0.25) is 0 Å². The average Bonchev–Trinajstić information content (AvgIpc) is 2.89. The Morgan fingerprint density at radius 3 is 2.90 bits per heavy atom. The zero-order chi connectivity index (χ0) is 15.2. The van der Waals surface area contributed by atoms with Gasteiger partial charge in [0.15, 0.2) is 0 Å². The normalized spacial score (nSPS) is 21.9. The Kier molecular flexibility index (Phi) is 6.21. The van der Waals surface area contributed by atoms with Crippen LogP contribution in [0, 0.1) is 0 Å². The Hall–Kier alpha value is -0.910. The van der Waals surface area contributed by atoms with E-state index < -0.39 is 0 Å². The molecule has 1 N–H and O–H groups in total. The fourth-order valence-electron chi connectivity index (χ4n) is 3.04. The number of nitrogens with zero attached hydrogens (tertiary/aromatic N) is 3. The standard InChI is InChI=1S/C16H30N4O/c1-5-17-15(7-6-14-8-9-18-19(14)4)16-12-20(13(2)3)10-11-21-16/h8-9,13,15-17H,5-7,10-12H2,1-4H3. The van der Waals surface area contributed by atoms with Gasteiger partial charge in [-0.05, 0) is 39.3 Å². The largest absolute Gasteiger partial charge is 0.374 e. The van der Waals surface area contributed by atoms with E-state index in [0.29, 0.717) is 12.1 Å². The van der Waals surface area contributed by atoms with Gasteiger partial charge in [0.1, 0.15) is 0 Å². The van der Waals surface area contributed by atoms with Crippen molar-refractivity contribution in [1.82, 2.24) is 20.0 Å². The van der Waals surface area contributed by atoms with Gasteiger partial charge in [0, 0.05) is 44.1 Å². The predicted octanol–water partition coefficient (Wildman–Crippen LogP) is 1.44. The molecular formula is C16H30N4O. The lowest BCUT2D eigenvalue weighted by Crippen LogP contribution is -2.54. The lowest BCUT2D eigenvalue weighted by atomic mass is 10.0. The van der Waals surface area contributed by atoms with Crippen LogP contribution in [0.1, 0.15) is 32.9 Å². The molecule has 1 aliphatic heterocycles. The molecule has 5 nitrogen and oxygen atoms in total. The van der Waals surface area contributed by atoms with E-state index in [2.05, 4.69) is 42.2 Å². The van der Waals surface area contributed by atoms with E-state index >= 15 is 0 Å². The molecule has 1 aliphatic rings. The molecule has 2 rings (SSSR count). The summed E-state index contributed by atoms with van der Waals surface area (Å²) in [7, 11) is 2.01. The summed E-state index contributed by atoms with van der Waals surface area (Å²) in [5.41, 5.74) is 1.29. The molecule has 21 heavy (non-hydrogen) atoms. The second-order valence-corrected chi connectivity index (χ2v) is 6.15. The Balaban J connectivity index is 1.92. The van der Waals surface area contributed by atoms with Gasteiger partial charge in [-0.15, -0.1) is 0 Å². The van der Waals surface area contributed by atoms with Crippen molar-refractivity contribution in [2.75, 3.05) is 26.2 Å². The minimum atomic E-state index is 0.286. The molecule has 0 spiro atoms. The first-order valence-corrected chi connectivity index (χ1v) is 8.17. The van der Waals surface area contributed by atoms with Crippen molar-refractivity contribution in [3.8, 4) is 0 Å². The van der Waals surface area contributed by atoms with Crippen LogP contribution in [0.2, 0.25) is 0 Å². The summed E-state index contributed by atoms with van der Waals surface area (Å²) < 4.78 is 8.01. The minimum absolute atomic E-state index is 0.286. The second-order valence-electron chi connectivity index (χ2n) is 6.15. The van der Waals surface area contributed by atoms with E-state index in [1.165, 1.54) is 5.69 Å². The van der Waals surface area contributed by atoms with Crippen LogP contribution in [0.3, 0.4) is 0 Å². The van der Waals surface area contributed by atoms with Crippen LogP contribution in [-0.2, 0) is 18.2 Å². The molecule has 1 fully saturated rings.